The molecule has 1 fully saturated rings. The van der Waals surface area contributed by atoms with Crippen molar-refractivity contribution in [1.29, 1.82) is 0 Å². The van der Waals surface area contributed by atoms with Crippen molar-refractivity contribution in [3.05, 3.63) is 0 Å². The first-order chi connectivity index (χ1) is 7.20. The average Bonchev–Trinajstić information content (AvgIpc) is 2.44. The summed E-state index contributed by atoms with van der Waals surface area (Å²) in [4.78, 5) is 23.9. The van der Waals surface area contributed by atoms with Crippen molar-refractivity contribution in [2.45, 2.75) is 44.4 Å². The van der Waals surface area contributed by atoms with Gasteiger partial charge in [0.2, 0.25) is 5.91 Å². The largest absolute Gasteiger partial charge is 0.480 e. The zero-order valence-electron chi connectivity index (χ0n) is 9.51. The molecule has 0 unspecified atom stereocenters. The van der Waals surface area contributed by atoms with E-state index in [1.165, 1.54) is 4.90 Å². The van der Waals surface area contributed by atoms with E-state index in [2.05, 4.69) is 0 Å². The smallest absolute Gasteiger partial charge is 0.326 e. The van der Waals surface area contributed by atoms with Gasteiger partial charge < -0.3 is 20.8 Å². The summed E-state index contributed by atoms with van der Waals surface area (Å²) in [7, 11) is 0. The van der Waals surface area contributed by atoms with Gasteiger partial charge in [-0.3, -0.25) is 4.79 Å². The Balaban J connectivity index is 2.71. The molecule has 4 N–H and O–H groups in total. The van der Waals surface area contributed by atoms with E-state index in [-0.39, 0.29) is 25.3 Å². The van der Waals surface area contributed by atoms with Crippen LogP contribution in [0.3, 0.4) is 0 Å². The Morgan fingerprint density at radius 2 is 2.06 bits per heavy atom. The number of rotatable bonds is 3. The fourth-order valence-corrected chi connectivity index (χ4v) is 1.81. The molecule has 1 heterocycles. The van der Waals surface area contributed by atoms with E-state index in [0.717, 1.165) is 0 Å². The van der Waals surface area contributed by atoms with Gasteiger partial charge in [-0.25, -0.2) is 4.79 Å². The van der Waals surface area contributed by atoms with Crippen molar-refractivity contribution in [2.75, 3.05) is 6.54 Å². The van der Waals surface area contributed by atoms with Crippen LogP contribution in [0.1, 0.15) is 26.7 Å². The van der Waals surface area contributed by atoms with E-state index in [1.54, 1.807) is 13.8 Å². The van der Waals surface area contributed by atoms with E-state index in [4.69, 9.17) is 10.8 Å². The second-order valence-corrected chi connectivity index (χ2v) is 4.96. The van der Waals surface area contributed by atoms with Gasteiger partial charge in [-0.15, -0.1) is 0 Å². The van der Waals surface area contributed by atoms with Crippen LogP contribution in [0.2, 0.25) is 0 Å². The van der Waals surface area contributed by atoms with Gasteiger partial charge in [-0.1, -0.05) is 0 Å². The van der Waals surface area contributed by atoms with Gasteiger partial charge >= 0.3 is 5.97 Å². The van der Waals surface area contributed by atoms with Gasteiger partial charge in [-0.2, -0.15) is 0 Å². The topological polar surface area (TPSA) is 104 Å². The monoisotopic (exact) mass is 230 g/mol. The quantitative estimate of drug-likeness (QED) is 0.586. The summed E-state index contributed by atoms with van der Waals surface area (Å²) in [5.74, 6) is -1.41. The Morgan fingerprint density at radius 3 is 2.50 bits per heavy atom. The third kappa shape index (κ3) is 3.18. The van der Waals surface area contributed by atoms with Gasteiger partial charge in [0, 0.05) is 24.9 Å². The molecule has 1 aliphatic heterocycles. The van der Waals surface area contributed by atoms with Crippen LogP contribution in [0, 0.1) is 0 Å². The lowest BCUT2D eigenvalue weighted by atomic mass is 10.0. The minimum atomic E-state index is -1.08. The number of hydrogen-bond acceptors (Lipinski definition) is 4. The van der Waals surface area contributed by atoms with Crippen LogP contribution in [0.5, 0.6) is 0 Å². The van der Waals surface area contributed by atoms with Gasteiger partial charge in [0.15, 0.2) is 0 Å². The number of carbonyl (C=O) groups excluding carboxylic acids is 1. The van der Waals surface area contributed by atoms with Gasteiger partial charge in [-0.05, 0) is 13.8 Å². The standard InChI is InChI=1S/C10H18N2O4/c1-10(2,11)4-8(14)12-5-6(13)3-7(12)9(15)16/h6-7,13H,3-5,11H2,1-2H3,(H,15,16)/t6-,7+/m1/s1. The van der Waals surface area contributed by atoms with Crippen molar-refractivity contribution < 1.29 is 19.8 Å². The number of aliphatic hydroxyl groups excluding tert-OH is 1. The zero-order chi connectivity index (χ0) is 12.5. The first-order valence-electron chi connectivity index (χ1n) is 5.20. The molecule has 0 spiro atoms. The van der Waals surface area contributed by atoms with Crippen LogP contribution in [0.4, 0.5) is 0 Å². The summed E-state index contributed by atoms with van der Waals surface area (Å²) in [5.41, 5.74) is 5.03. The van der Waals surface area contributed by atoms with Crippen molar-refractivity contribution in [2.24, 2.45) is 5.73 Å². The second-order valence-electron chi connectivity index (χ2n) is 4.96. The van der Waals surface area contributed by atoms with E-state index in [9.17, 15) is 14.7 Å². The number of carbonyl (C=O) groups is 2. The third-order valence-corrected chi connectivity index (χ3v) is 2.49. The summed E-state index contributed by atoms with van der Waals surface area (Å²) >= 11 is 0. The van der Waals surface area contributed by atoms with Crippen molar-refractivity contribution in [3.63, 3.8) is 0 Å². The van der Waals surface area contributed by atoms with Crippen LogP contribution in [0.25, 0.3) is 0 Å². The first kappa shape index (κ1) is 12.9. The predicted molar refractivity (Wildman–Crippen MR) is 56.6 cm³/mol. The number of aliphatic hydroxyl groups is 1. The molecule has 2 atom stereocenters. The van der Waals surface area contributed by atoms with Gasteiger partial charge in [0.1, 0.15) is 6.04 Å². The third-order valence-electron chi connectivity index (χ3n) is 2.49. The Morgan fingerprint density at radius 1 is 1.50 bits per heavy atom. The normalized spacial score (nSPS) is 25.9. The molecule has 0 radical (unpaired) electrons. The maximum Gasteiger partial charge on any atom is 0.326 e. The highest BCUT2D eigenvalue weighted by atomic mass is 16.4. The fraction of sp³-hybridized carbons (Fsp3) is 0.800. The van der Waals surface area contributed by atoms with Gasteiger partial charge in [0.05, 0.1) is 6.10 Å². The summed E-state index contributed by atoms with van der Waals surface area (Å²) in [6.45, 7) is 3.48. The molecule has 6 heteroatoms. The van der Waals surface area contributed by atoms with Gasteiger partial charge in [0.25, 0.3) is 0 Å². The highest BCUT2D eigenvalue weighted by Gasteiger charge is 2.39. The Hall–Kier alpha value is -1.14. The molecule has 16 heavy (non-hydrogen) atoms. The lowest BCUT2D eigenvalue weighted by molar-refractivity contribution is -0.148. The number of carboxylic acids is 1. The Labute approximate surface area is 94.0 Å². The highest BCUT2D eigenvalue weighted by molar-refractivity contribution is 5.85. The summed E-state index contributed by atoms with van der Waals surface area (Å²) < 4.78 is 0. The molecular weight excluding hydrogens is 212 g/mol. The fourth-order valence-electron chi connectivity index (χ4n) is 1.81. The van der Waals surface area contributed by atoms with E-state index in [1.807, 2.05) is 0 Å². The van der Waals surface area contributed by atoms with Crippen molar-refractivity contribution >= 4 is 11.9 Å². The predicted octanol–water partition coefficient (Wildman–Crippen LogP) is -0.840. The molecule has 1 amide bonds. The number of nitrogens with zero attached hydrogens (tertiary/aromatic N) is 1. The number of aliphatic carboxylic acids is 1. The van der Waals surface area contributed by atoms with Crippen LogP contribution >= 0.6 is 0 Å². The molecule has 0 saturated carbocycles. The molecule has 0 aliphatic carbocycles. The molecular formula is C10H18N2O4. The second kappa shape index (κ2) is 4.39. The summed E-state index contributed by atoms with van der Waals surface area (Å²) in [6, 6.07) is -0.926. The number of β-amino-alcohol motifs (C(OH)–C–C–N with tert-alkyl or cyclic N) is 1. The van der Waals surface area contributed by atoms with Crippen LogP contribution in [-0.4, -0.2) is 51.2 Å². The molecule has 0 bridgehead atoms. The van der Waals surface area contributed by atoms with E-state index in [0.29, 0.717) is 0 Å². The van der Waals surface area contributed by atoms with Crippen LogP contribution in [-0.2, 0) is 9.59 Å². The number of carboxylic acid groups (broad SMARTS) is 1. The molecule has 0 aromatic rings. The molecule has 1 rings (SSSR count). The SMILES string of the molecule is CC(C)(N)CC(=O)N1C[C@H](O)C[C@H]1C(=O)O. The number of amides is 1. The lowest BCUT2D eigenvalue weighted by Crippen LogP contribution is -2.45. The Kier molecular flexibility index (Phi) is 3.54. The minimum Gasteiger partial charge on any atom is -0.480 e. The van der Waals surface area contributed by atoms with Crippen molar-refractivity contribution in [3.8, 4) is 0 Å². The average molecular weight is 230 g/mol. The number of likely N-dealkylation sites (tertiary alicyclic amines) is 1. The zero-order valence-corrected chi connectivity index (χ0v) is 9.51. The number of hydrogen-bond donors (Lipinski definition) is 3. The number of nitrogens with two attached hydrogens (primary N) is 1. The summed E-state index contributed by atoms with van der Waals surface area (Å²) in [6.07, 6.45) is -0.596. The van der Waals surface area contributed by atoms with E-state index >= 15 is 0 Å². The maximum absolute atomic E-state index is 11.8. The summed E-state index contributed by atoms with van der Waals surface area (Å²) in [5, 5.41) is 18.3. The maximum atomic E-state index is 11.8. The molecule has 1 saturated heterocycles. The first-order valence-corrected chi connectivity index (χ1v) is 5.20. The molecule has 1 aliphatic rings. The minimum absolute atomic E-state index is 0.0729. The lowest BCUT2D eigenvalue weighted by Gasteiger charge is -2.25. The highest BCUT2D eigenvalue weighted by Crippen LogP contribution is 2.20. The molecule has 0 aromatic heterocycles. The molecule has 92 valence electrons. The Bertz CT molecular complexity index is 298. The van der Waals surface area contributed by atoms with E-state index < -0.39 is 23.7 Å². The van der Waals surface area contributed by atoms with Crippen LogP contribution in [0.15, 0.2) is 0 Å². The molecule has 0 aromatic carbocycles. The van der Waals surface area contributed by atoms with Crippen LogP contribution < -0.4 is 5.73 Å². The van der Waals surface area contributed by atoms with Crippen molar-refractivity contribution in [1.82, 2.24) is 4.90 Å². The molecule has 6 nitrogen and oxygen atoms in total.